The van der Waals surface area contributed by atoms with Crippen LogP contribution in [-0.2, 0) is 10.1 Å². The van der Waals surface area contributed by atoms with Crippen molar-refractivity contribution in [1.82, 2.24) is 4.90 Å². The molecular formula is C37H45N3O4S. The zero-order chi connectivity index (χ0) is 31.9. The lowest BCUT2D eigenvalue weighted by Gasteiger charge is -2.36. The van der Waals surface area contributed by atoms with Crippen LogP contribution in [0.15, 0.2) is 118 Å². The van der Waals surface area contributed by atoms with Crippen LogP contribution in [0.3, 0.4) is 0 Å². The fraction of sp³-hybridized carbons (Fsp3) is 0.351. The van der Waals surface area contributed by atoms with E-state index in [0.29, 0.717) is 11.8 Å². The number of fused-ring (bicyclic) bond motifs is 1. The van der Waals surface area contributed by atoms with Gasteiger partial charge in [0.15, 0.2) is 0 Å². The minimum absolute atomic E-state index is 0.0730. The van der Waals surface area contributed by atoms with Gasteiger partial charge in [-0.3, -0.25) is 9.55 Å². The zero-order valence-electron chi connectivity index (χ0n) is 26.1. The Morgan fingerprint density at radius 2 is 1.40 bits per heavy atom. The van der Waals surface area contributed by atoms with Crippen LogP contribution < -0.4 is 0 Å². The maximum atomic E-state index is 10.8. The molecule has 0 spiro atoms. The molecule has 0 aromatic heterocycles. The van der Waals surface area contributed by atoms with Crippen molar-refractivity contribution in [3.63, 3.8) is 0 Å². The second-order valence-electron chi connectivity index (χ2n) is 11.7. The van der Waals surface area contributed by atoms with E-state index in [-0.39, 0.29) is 4.90 Å². The van der Waals surface area contributed by atoms with Crippen molar-refractivity contribution in [2.24, 2.45) is 16.1 Å². The van der Waals surface area contributed by atoms with Gasteiger partial charge in [-0.05, 0) is 79.0 Å². The van der Waals surface area contributed by atoms with Gasteiger partial charge in [-0.15, -0.1) is 0 Å². The van der Waals surface area contributed by atoms with Crippen molar-refractivity contribution < 1.29 is 18.2 Å². The van der Waals surface area contributed by atoms with Gasteiger partial charge in [0, 0.05) is 25.6 Å². The average Bonchev–Trinajstić information content (AvgIpc) is 3.07. The minimum Gasteiger partial charge on any atom is -0.411 e. The van der Waals surface area contributed by atoms with Gasteiger partial charge in [-0.1, -0.05) is 109 Å². The second kappa shape index (κ2) is 17.5. The number of aliphatic imine (C=N–C) groups is 1. The van der Waals surface area contributed by atoms with E-state index in [1.54, 1.807) is 12.1 Å². The number of hydrogen-bond acceptors (Lipinski definition) is 5. The van der Waals surface area contributed by atoms with Crippen LogP contribution in [0.5, 0.6) is 0 Å². The van der Waals surface area contributed by atoms with Gasteiger partial charge in [0.25, 0.3) is 10.1 Å². The normalized spacial score (nSPS) is 14.6. The smallest absolute Gasteiger partial charge is 0.294 e. The van der Waals surface area contributed by atoms with Crippen LogP contribution in [0.25, 0.3) is 10.8 Å². The predicted octanol–water partition coefficient (Wildman–Crippen LogP) is 8.45. The molecule has 0 radical (unpaired) electrons. The van der Waals surface area contributed by atoms with Crippen molar-refractivity contribution in [3.05, 3.63) is 114 Å². The SMILES string of the molecule is CC(CCCCCCN=CN1CCC(C(c2ccccc2)c2ccccc2)CC1)=NO.O=S(=O)(O)c1ccc2ccccc2c1. The highest BCUT2D eigenvalue weighted by atomic mass is 32.2. The number of nitrogens with zero attached hydrogens (tertiary/aromatic N) is 3. The molecule has 4 aromatic rings. The van der Waals surface area contributed by atoms with E-state index in [0.717, 1.165) is 55.4 Å². The van der Waals surface area contributed by atoms with Crippen LogP contribution >= 0.6 is 0 Å². The Labute approximate surface area is 268 Å². The van der Waals surface area contributed by atoms with Crippen LogP contribution in [0.2, 0.25) is 0 Å². The van der Waals surface area contributed by atoms with Gasteiger partial charge in [0.1, 0.15) is 0 Å². The molecule has 0 unspecified atom stereocenters. The molecule has 0 amide bonds. The van der Waals surface area contributed by atoms with E-state index < -0.39 is 10.1 Å². The minimum atomic E-state index is -4.09. The number of rotatable bonds is 12. The monoisotopic (exact) mass is 627 g/mol. The summed E-state index contributed by atoms with van der Waals surface area (Å²) in [4.78, 5) is 6.99. The standard InChI is InChI=1S/C27H37N3O.C10H8O3S/c1-23(29-31)12-6-2-3-11-19-28-22-30-20-17-26(18-21-30)27(24-13-7-4-8-14-24)25-15-9-5-10-16-25;11-14(12,13)10-6-5-8-3-1-2-4-9(8)7-10/h4-5,7-10,13-16,22,26-27,31H,2-3,6,11-12,17-21H2,1H3;1-7H,(H,11,12,13). The summed E-state index contributed by atoms with van der Waals surface area (Å²) in [6.07, 6.45) is 9.96. The lowest BCUT2D eigenvalue weighted by Crippen LogP contribution is -2.35. The quantitative estimate of drug-likeness (QED) is 0.0410. The van der Waals surface area contributed by atoms with E-state index in [1.165, 1.54) is 48.9 Å². The molecule has 8 heteroatoms. The summed E-state index contributed by atoms with van der Waals surface area (Å²) in [5, 5.41) is 13.6. The van der Waals surface area contributed by atoms with E-state index in [4.69, 9.17) is 9.76 Å². The molecule has 1 fully saturated rings. The summed E-state index contributed by atoms with van der Waals surface area (Å²) in [6.45, 7) is 4.95. The first kappa shape index (κ1) is 33.9. The Morgan fingerprint density at radius 1 is 0.822 bits per heavy atom. The number of unbranched alkanes of at least 4 members (excludes halogenated alkanes) is 3. The number of hydrogen-bond donors (Lipinski definition) is 2. The molecule has 1 heterocycles. The Hall–Kier alpha value is -4.01. The molecule has 7 nitrogen and oxygen atoms in total. The van der Waals surface area contributed by atoms with Crippen molar-refractivity contribution >= 4 is 32.9 Å². The Kier molecular flexibility index (Phi) is 13.2. The summed E-state index contributed by atoms with van der Waals surface area (Å²) in [6, 6.07) is 33.8. The fourth-order valence-corrected chi connectivity index (χ4v) is 6.43. The first-order valence-corrected chi connectivity index (χ1v) is 17.3. The van der Waals surface area contributed by atoms with Crippen molar-refractivity contribution in [2.75, 3.05) is 19.6 Å². The summed E-state index contributed by atoms with van der Waals surface area (Å²) in [5.74, 6) is 1.14. The highest BCUT2D eigenvalue weighted by molar-refractivity contribution is 7.85. The van der Waals surface area contributed by atoms with E-state index in [2.05, 4.69) is 82.1 Å². The van der Waals surface area contributed by atoms with Crippen molar-refractivity contribution in [2.45, 2.75) is 62.7 Å². The molecule has 5 rings (SSSR count). The molecule has 1 aliphatic rings. The Bertz CT molecular complexity index is 1580. The van der Waals surface area contributed by atoms with Gasteiger partial charge in [0.05, 0.1) is 16.9 Å². The highest BCUT2D eigenvalue weighted by Gasteiger charge is 2.28. The van der Waals surface area contributed by atoms with Gasteiger partial charge < -0.3 is 10.1 Å². The summed E-state index contributed by atoms with van der Waals surface area (Å²) in [5.41, 5.74) is 3.69. The largest absolute Gasteiger partial charge is 0.411 e. The summed E-state index contributed by atoms with van der Waals surface area (Å²) in [7, 11) is -4.09. The first-order chi connectivity index (χ1) is 21.8. The topological polar surface area (TPSA) is 103 Å². The first-order valence-electron chi connectivity index (χ1n) is 15.8. The number of piperidine rings is 1. The molecule has 0 atom stereocenters. The summed E-state index contributed by atoms with van der Waals surface area (Å²) < 4.78 is 30.5. The lowest BCUT2D eigenvalue weighted by molar-refractivity contribution is 0.254. The molecule has 1 aliphatic heterocycles. The van der Waals surface area contributed by atoms with Crippen LogP contribution in [-0.4, -0.2) is 54.8 Å². The molecule has 0 saturated carbocycles. The zero-order valence-corrected chi connectivity index (χ0v) is 26.9. The highest BCUT2D eigenvalue weighted by Crippen LogP contribution is 2.37. The van der Waals surface area contributed by atoms with E-state index in [9.17, 15) is 8.42 Å². The number of likely N-dealkylation sites (tertiary alicyclic amines) is 1. The summed E-state index contributed by atoms with van der Waals surface area (Å²) >= 11 is 0. The van der Waals surface area contributed by atoms with Gasteiger partial charge in [-0.25, -0.2) is 0 Å². The molecule has 45 heavy (non-hydrogen) atoms. The number of benzene rings is 4. The third-order valence-electron chi connectivity index (χ3n) is 8.37. The third kappa shape index (κ3) is 10.8. The molecule has 238 valence electrons. The fourth-order valence-electron chi connectivity index (χ4n) is 5.91. The Morgan fingerprint density at radius 3 is 2.00 bits per heavy atom. The van der Waals surface area contributed by atoms with Gasteiger partial charge in [-0.2, -0.15) is 8.42 Å². The van der Waals surface area contributed by atoms with Gasteiger partial charge in [0.2, 0.25) is 0 Å². The average molecular weight is 628 g/mol. The Balaban J connectivity index is 0.000000273. The predicted molar refractivity (Wildman–Crippen MR) is 184 cm³/mol. The van der Waals surface area contributed by atoms with E-state index in [1.807, 2.05) is 25.1 Å². The molecule has 0 aliphatic carbocycles. The van der Waals surface area contributed by atoms with Crippen LogP contribution in [0.4, 0.5) is 0 Å². The number of oxime groups is 1. The van der Waals surface area contributed by atoms with Crippen molar-refractivity contribution in [1.29, 1.82) is 0 Å². The van der Waals surface area contributed by atoms with Crippen molar-refractivity contribution in [3.8, 4) is 0 Å². The van der Waals surface area contributed by atoms with E-state index >= 15 is 0 Å². The molecular weight excluding hydrogens is 582 g/mol. The molecule has 0 bridgehead atoms. The van der Waals surface area contributed by atoms with Gasteiger partial charge >= 0.3 is 0 Å². The lowest BCUT2D eigenvalue weighted by atomic mass is 9.76. The molecule has 2 N–H and O–H groups in total. The maximum absolute atomic E-state index is 10.8. The molecule has 4 aromatic carbocycles. The van der Waals surface area contributed by atoms with Crippen LogP contribution in [0.1, 0.15) is 68.9 Å². The molecule has 1 saturated heterocycles. The van der Waals surface area contributed by atoms with Crippen LogP contribution in [0, 0.1) is 5.92 Å². The second-order valence-corrected chi connectivity index (χ2v) is 13.1. The third-order valence-corrected chi connectivity index (χ3v) is 9.22. The maximum Gasteiger partial charge on any atom is 0.294 e.